The van der Waals surface area contributed by atoms with Gasteiger partial charge >= 0.3 is 6.36 Å². The van der Waals surface area contributed by atoms with Crippen molar-refractivity contribution in [3.05, 3.63) is 0 Å². The largest absolute Gasteiger partial charge is 0.522 e. The first kappa shape index (κ1) is 11.7. The Morgan fingerprint density at radius 3 is 2.71 bits per heavy atom. The van der Waals surface area contributed by atoms with Gasteiger partial charge in [0.25, 0.3) is 0 Å². The van der Waals surface area contributed by atoms with E-state index in [1.807, 2.05) is 4.90 Å². The zero-order valence-electron chi connectivity index (χ0n) is 7.89. The summed E-state index contributed by atoms with van der Waals surface area (Å²) in [5.41, 5.74) is 5.68. The summed E-state index contributed by atoms with van der Waals surface area (Å²) < 4.78 is 38.5. The van der Waals surface area contributed by atoms with Crippen LogP contribution in [0.15, 0.2) is 0 Å². The molecule has 1 aliphatic rings. The second-order valence-electron chi connectivity index (χ2n) is 3.50. The predicted octanol–water partition coefficient (Wildman–Crippen LogP) is 0.946. The van der Waals surface area contributed by atoms with E-state index in [0.717, 1.165) is 19.4 Å². The van der Waals surface area contributed by atoms with Crippen molar-refractivity contribution in [2.75, 3.05) is 26.2 Å². The van der Waals surface area contributed by atoms with E-state index in [2.05, 4.69) is 4.74 Å². The molecule has 1 unspecified atom stereocenters. The molecule has 14 heavy (non-hydrogen) atoms. The fraction of sp³-hybridized carbons (Fsp3) is 1.00. The summed E-state index contributed by atoms with van der Waals surface area (Å²) in [7, 11) is 0. The molecular formula is C8H15F3N2O. The minimum absolute atomic E-state index is 0.0923. The van der Waals surface area contributed by atoms with Crippen molar-refractivity contribution in [1.29, 1.82) is 0 Å². The molecule has 1 heterocycles. The van der Waals surface area contributed by atoms with E-state index < -0.39 is 6.36 Å². The molecule has 0 saturated carbocycles. The van der Waals surface area contributed by atoms with Gasteiger partial charge in [0, 0.05) is 19.1 Å². The Kier molecular flexibility index (Phi) is 4.15. The SMILES string of the molecule is NC1CCCN(CCOC(F)(F)F)C1. The van der Waals surface area contributed by atoms with Gasteiger partial charge in [0.05, 0.1) is 6.61 Å². The second-order valence-corrected chi connectivity index (χ2v) is 3.50. The number of hydrogen-bond acceptors (Lipinski definition) is 3. The Morgan fingerprint density at radius 1 is 1.43 bits per heavy atom. The van der Waals surface area contributed by atoms with E-state index in [-0.39, 0.29) is 12.6 Å². The first-order valence-corrected chi connectivity index (χ1v) is 4.66. The average Bonchev–Trinajstić information content (AvgIpc) is 2.01. The summed E-state index contributed by atoms with van der Waals surface area (Å²) in [6.07, 6.45) is -2.61. The van der Waals surface area contributed by atoms with Crippen molar-refractivity contribution in [3.63, 3.8) is 0 Å². The smallest absolute Gasteiger partial charge is 0.327 e. The van der Waals surface area contributed by atoms with E-state index >= 15 is 0 Å². The highest BCUT2D eigenvalue weighted by Gasteiger charge is 2.29. The minimum Gasteiger partial charge on any atom is -0.327 e. The molecule has 0 aliphatic carbocycles. The van der Waals surface area contributed by atoms with Crippen molar-refractivity contribution in [2.45, 2.75) is 25.2 Å². The van der Waals surface area contributed by atoms with Gasteiger partial charge in [-0.25, -0.2) is 0 Å². The van der Waals surface area contributed by atoms with Gasteiger partial charge in [0.1, 0.15) is 0 Å². The number of piperidine rings is 1. The lowest BCUT2D eigenvalue weighted by atomic mass is 10.1. The highest BCUT2D eigenvalue weighted by Crippen LogP contribution is 2.16. The fourth-order valence-corrected chi connectivity index (χ4v) is 1.58. The molecule has 2 N–H and O–H groups in total. The van der Waals surface area contributed by atoms with Crippen molar-refractivity contribution in [2.24, 2.45) is 5.73 Å². The maximum Gasteiger partial charge on any atom is 0.522 e. The number of nitrogens with two attached hydrogens (primary N) is 1. The summed E-state index contributed by atoms with van der Waals surface area (Å²) in [5.74, 6) is 0. The van der Waals surface area contributed by atoms with Gasteiger partial charge in [-0.2, -0.15) is 0 Å². The van der Waals surface area contributed by atoms with Crippen LogP contribution in [-0.2, 0) is 4.74 Å². The van der Waals surface area contributed by atoms with Crippen LogP contribution in [0.3, 0.4) is 0 Å². The van der Waals surface area contributed by atoms with Crippen LogP contribution in [0, 0.1) is 0 Å². The third-order valence-corrected chi connectivity index (χ3v) is 2.22. The van der Waals surface area contributed by atoms with Crippen LogP contribution in [0.5, 0.6) is 0 Å². The first-order valence-electron chi connectivity index (χ1n) is 4.66. The third kappa shape index (κ3) is 4.78. The van der Waals surface area contributed by atoms with Gasteiger partial charge in [-0.1, -0.05) is 0 Å². The van der Waals surface area contributed by atoms with Gasteiger partial charge in [0.2, 0.25) is 0 Å². The maximum atomic E-state index is 11.6. The summed E-state index contributed by atoms with van der Waals surface area (Å²) in [5, 5.41) is 0. The first-order chi connectivity index (χ1) is 6.47. The molecular weight excluding hydrogens is 197 g/mol. The molecule has 1 aliphatic heterocycles. The van der Waals surface area contributed by atoms with Crippen molar-refractivity contribution in [1.82, 2.24) is 4.90 Å². The number of nitrogens with zero attached hydrogens (tertiary/aromatic N) is 1. The van der Waals surface area contributed by atoms with Crippen LogP contribution < -0.4 is 5.73 Å². The van der Waals surface area contributed by atoms with Crippen LogP contribution in [0.2, 0.25) is 0 Å². The molecule has 0 bridgehead atoms. The van der Waals surface area contributed by atoms with E-state index in [0.29, 0.717) is 13.1 Å². The van der Waals surface area contributed by atoms with Gasteiger partial charge < -0.3 is 5.73 Å². The number of ether oxygens (including phenoxy) is 1. The predicted molar refractivity (Wildman–Crippen MR) is 45.7 cm³/mol. The number of halogens is 3. The van der Waals surface area contributed by atoms with Crippen LogP contribution in [-0.4, -0.2) is 43.5 Å². The van der Waals surface area contributed by atoms with E-state index in [4.69, 9.17) is 5.73 Å². The average molecular weight is 212 g/mol. The molecule has 0 amide bonds. The Labute approximate surface area is 81.0 Å². The summed E-state index contributed by atoms with van der Waals surface area (Å²) >= 11 is 0. The molecule has 0 aromatic rings. The zero-order chi connectivity index (χ0) is 10.6. The highest BCUT2D eigenvalue weighted by atomic mass is 19.4. The normalized spacial score (nSPS) is 25.3. The van der Waals surface area contributed by atoms with Crippen LogP contribution in [0.25, 0.3) is 0 Å². The molecule has 3 nitrogen and oxygen atoms in total. The van der Waals surface area contributed by atoms with Gasteiger partial charge in [0.15, 0.2) is 0 Å². The van der Waals surface area contributed by atoms with E-state index in [9.17, 15) is 13.2 Å². The molecule has 1 rings (SSSR count). The van der Waals surface area contributed by atoms with Crippen LogP contribution in [0.4, 0.5) is 13.2 Å². The molecule has 0 aromatic heterocycles. The zero-order valence-corrected chi connectivity index (χ0v) is 7.89. The molecule has 1 fully saturated rings. The van der Waals surface area contributed by atoms with Crippen LogP contribution >= 0.6 is 0 Å². The van der Waals surface area contributed by atoms with Crippen molar-refractivity contribution < 1.29 is 17.9 Å². The molecule has 0 spiro atoms. The molecule has 1 atom stereocenters. The quantitative estimate of drug-likeness (QED) is 0.756. The van der Waals surface area contributed by atoms with E-state index in [1.54, 1.807) is 0 Å². The lowest BCUT2D eigenvalue weighted by Crippen LogP contribution is -2.44. The number of hydrogen-bond donors (Lipinski definition) is 1. The Bertz CT molecular complexity index is 174. The Hall–Kier alpha value is -0.330. The monoisotopic (exact) mass is 212 g/mol. The molecule has 84 valence electrons. The molecule has 6 heteroatoms. The van der Waals surface area contributed by atoms with Gasteiger partial charge in [-0.05, 0) is 19.4 Å². The highest BCUT2D eigenvalue weighted by molar-refractivity contribution is 4.74. The summed E-state index contributed by atoms with van der Waals surface area (Å²) in [6.45, 7) is 1.47. The second kappa shape index (κ2) is 4.95. The molecule has 1 saturated heterocycles. The number of rotatable bonds is 3. The van der Waals surface area contributed by atoms with E-state index in [1.165, 1.54) is 0 Å². The Balaban J connectivity index is 2.12. The Morgan fingerprint density at radius 2 is 2.14 bits per heavy atom. The number of likely N-dealkylation sites (tertiary alicyclic amines) is 1. The lowest BCUT2D eigenvalue weighted by molar-refractivity contribution is -0.325. The standard InChI is InChI=1S/C8H15F3N2O/c9-8(10,11)14-5-4-13-3-1-2-7(12)6-13/h7H,1-6,12H2. The number of alkyl halides is 3. The topological polar surface area (TPSA) is 38.5 Å². The van der Waals surface area contributed by atoms with Crippen LogP contribution in [0.1, 0.15) is 12.8 Å². The maximum absolute atomic E-state index is 11.6. The fourth-order valence-electron chi connectivity index (χ4n) is 1.58. The van der Waals surface area contributed by atoms with Crippen molar-refractivity contribution in [3.8, 4) is 0 Å². The third-order valence-electron chi connectivity index (χ3n) is 2.22. The summed E-state index contributed by atoms with van der Waals surface area (Å²) in [6, 6.07) is 0.0923. The van der Waals surface area contributed by atoms with Crippen molar-refractivity contribution >= 4 is 0 Å². The lowest BCUT2D eigenvalue weighted by Gasteiger charge is -2.30. The molecule has 0 radical (unpaired) electrons. The van der Waals surface area contributed by atoms with Gasteiger partial charge in [-0.3, -0.25) is 9.64 Å². The minimum atomic E-state index is -4.52. The summed E-state index contributed by atoms with van der Waals surface area (Å²) in [4.78, 5) is 1.90. The van der Waals surface area contributed by atoms with Gasteiger partial charge in [-0.15, -0.1) is 13.2 Å². The molecule has 0 aromatic carbocycles.